The van der Waals surface area contributed by atoms with Gasteiger partial charge in [-0.05, 0) is 19.4 Å². The summed E-state index contributed by atoms with van der Waals surface area (Å²) in [6.45, 7) is 3.78. The minimum atomic E-state index is -3.43. The SMILES string of the molecule is CCOC(=O)[C@@]1(N)[C@@H](c2ccc(C)cc2)[C@@H]1S(C)(=O)=O. The zero-order chi connectivity index (χ0) is 15.1. The van der Waals surface area contributed by atoms with Gasteiger partial charge in [-0.25, -0.2) is 13.2 Å². The Morgan fingerprint density at radius 1 is 1.35 bits per heavy atom. The summed E-state index contributed by atoms with van der Waals surface area (Å²) in [7, 11) is -3.43. The van der Waals surface area contributed by atoms with Gasteiger partial charge in [0, 0.05) is 12.2 Å². The maximum absolute atomic E-state index is 12.0. The van der Waals surface area contributed by atoms with Crippen LogP contribution in [0.15, 0.2) is 24.3 Å². The minimum Gasteiger partial charge on any atom is -0.465 e. The van der Waals surface area contributed by atoms with Crippen molar-refractivity contribution in [1.29, 1.82) is 0 Å². The standard InChI is InChI=1S/C14H19NO4S/c1-4-19-13(16)14(15)11(12(14)20(3,17)18)10-7-5-9(2)6-8-10/h5-8,11-12H,4,15H2,1-3H3/t11-,12-,14+/m0/s1. The Hall–Kier alpha value is -1.40. The van der Waals surface area contributed by atoms with Crippen LogP contribution in [0.25, 0.3) is 0 Å². The number of aryl methyl sites for hydroxylation is 1. The predicted octanol–water partition coefficient (Wildman–Crippen LogP) is 0.766. The van der Waals surface area contributed by atoms with E-state index in [2.05, 4.69) is 0 Å². The second-order valence-electron chi connectivity index (χ2n) is 5.29. The van der Waals surface area contributed by atoms with Crippen molar-refractivity contribution >= 4 is 15.8 Å². The molecule has 0 saturated heterocycles. The van der Waals surface area contributed by atoms with Crippen molar-refractivity contribution < 1.29 is 17.9 Å². The molecule has 0 radical (unpaired) electrons. The highest BCUT2D eigenvalue weighted by molar-refractivity contribution is 7.91. The maximum atomic E-state index is 12.0. The summed E-state index contributed by atoms with van der Waals surface area (Å²) >= 11 is 0. The van der Waals surface area contributed by atoms with E-state index >= 15 is 0 Å². The number of ether oxygens (including phenoxy) is 1. The average Bonchev–Trinajstić information content (AvgIpc) is 2.99. The topological polar surface area (TPSA) is 86.5 Å². The molecule has 1 aliphatic carbocycles. The Morgan fingerprint density at radius 2 is 1.90 bits per heavy atom. The van der Waals surface area contributed by atoms with Crippen LogP contribution < -0.4 is 5.73 Å². The molecular weight excluding hydrogens is 278 g/mol. The van der Waals surface area contributed by atoms with E-state index in [1.165, 1.54) is 0 Å². The van der Waals surface area contributed by atoms with Crippen LogP contribution in [-0.4, -0.2) is 38.0 Å². The molecule has 3 atom stereocenters. The zero-order valence-corrected chi connectivity index (χ0v) is 12.6. The Labute approximate surface area is 119 Å². The largest absolute Gasteiger partial charge is 0.465 e. The van der Waals surface area contributed by atoms with E-state index in [-0.39, 0.29) is 6.61 Å². The molecule has 5 nitrogen and oxygen atoms in total. The van der Waals surface area contributed by atoms with Gasteiger partial charge >= 0.3 is 5.97 Å². The number of hydrogen-bond acceptors (Lipinski definition) is 5. The number of hydrogen-bond donors (Lipinski definition) is 1. The van der Waals surface area contributed by atoms with Gasteiger partial charge in [0.15, 0.2) is 9.84 Å². The molecule has 0 bridgehead atoms. The Balaban J connectivity index is 2.41. The minimum absolute atomic E-state index is 0.175. The number of carbonyl (C=O) groups excluding carboxylic acids is 1. The normalized spacial score (nSPS) is 29.0. The summed E-state index contributed by atoms with van der Waals surface area (Å²) in [4.78, 5) is 12.0. The predicted molar refractivity (Wildman–Crippen MR) is 76.1 cm³/mol. The second-order valence-corrected chi connectivity index (χ2v) is 7.46. The Bertz CT molecular complexity index is 623. The summed E-state index contributed by atoms with van der Waals surface area (Å²) in [5.74, 6) is -1.20. The van der Waals surface area contributed by atoms with Gasteiger partial charge in [-0.2, -0.15) is 0 Å². The highest BCUT2D eigenvalue weighted by atomic mass is 32.2. The van der Waals surface area contributed by atoms with E-state index in [4.69, 9.17) is 10.5 Å². The number of carbonyl (C=O) groups is 1. The molecule has 20 heavy (non-hydrogen) atoms. The average molecular weight is 297 g/mol. The fourth-order valence-electron chi connectivity index (χ4n) is 2.70. The van der Waals surface area contributed by atoms with Crippen LogP contribution >= 0.6 is 0 Å². The maximum Gasteiger partial charge on any atom is 0.328 e. The molecule has 0 spiro atoms. The van der Waals surface area contributed by atoms with E-state index in [0.29, 0.717) is 0 Å². The molecule has 0 amide bonds. The lowest BCUT2D eigenvalue weighted by molar-refractivity contribution is -0.145. The number of nitrogens with two attached hydrogens (primary N) is 1. The first-order valence-corrected chi connectivity index (χ1v) is 8.40. The third-order valence-corrected chi connectivity index (χ3v) is 5.29. The fraction of sp³-hybridized carbons (Fsp3) is 0.500. The van der Waals surface area contributed by atoms with E-state index in [9.17, 15) is 13.2 Å². The van der Waals surface area contributed by atoms with Crippen molar-refractivity contribution in [2.75, 3.05) is 12.9 Å². The molecule has 110 valence electrons. The third-order valence-electron chi connectivity index (χ3n) is 3.71. The monoisotopic (exact) mass is 297 g/mol. The molecule has 6 heteroatoms. The quantitative estimate of drug-likeness (QED) is 0.829. The van der Waals surface area contributed by atoms with Gasteiger partial charge in [-0.1, -0.05) is 29.8 Å². The number of benzene rings is 1. The van der Waals surface area contributed by atoms with Crippen molar-refractivity contribution in [1.82, 2.24) is 0 Å². The second kappa shape index (κ2) is 4.86. The molecule has 2 rings (SSSR count). The molecule has 1 fully saturated rings. The van der Waals surface area contributed by atoms with Crippen LogP contribution in [0.1, 0.15) is 24.0 Å². The first-order chi connectivity index (χ1) is 9.22. The van der Waals surface area contributed by atoms with Crippen molar-refractivity contribution in [2.24, 2.45) is 5.73 Å². The molecule has 0 unspecified atom stereocenters. The van der Waals surface area contributed by atoms with Crippen LogP contribution in [0.2, 0.25) is 0 Å². The van der Waals surface area contributed by atoms with Gasteiger partial charge in [0.2, 0.25) is 0 Å². The van der Waals surface area contributed by atoms with E-state index in [1.807, 2.05) is 31.2 Å². The third kappa shape index (κ3) is 2.33. The highest BCUT2D eigenvalue weighted by Crippen LogP contribution is 2.54. The summed E-state index contributed by atoms with van der Waals surface area (Å²) < 4.78 is 28.7. The summed E-state index contributed by atoms with van der Waals surface area (Å²) in [6, 6.07) is 7.37. The Kier molecular flexibility index (Phi) is 3.64. The smallest absolute Gasteiger partial charge is 0.328 e. The van der Waals surface area contributed by atoms with Crippen LogP contribution in [-0.2, 0) is 19.4 Å². The van der Waals surface area contributed by atoms with Crippen molar-refractivity contribution in [3.8, 4) is 0 Å². The van der Waals surface area contributed by atoms with E-state index < -0.39 is 32.5 Å². The van der Waals surface area contributed by atoms with E-state index in [0.717, 1.165) is 17.4 Å². The van der Waals surface area contributed by atoms with Crippen LogP contribution in [0, 0.1) is 6.92 Å². The number of rotatable bonds is 4. The molecule has 1 aromatic carbocycles. The first kappa shape index (κ1) is 15.0. The Morgan fingerprint density at radius 3 is 2.35 bits per heavy atom. The lowest BCUT2D eigenvalue weighted by atomic mass is 10.1. The number of sulfone groups is 1. The van der Waals surface area contributed by atoms with Crippen LogP contribution in [0.4, 0.5) is 0 Å². The molecule has 2 N–H and O–H groups in total. The van der Waals surface area contributed by atoms with Gasteiger partial charge < -0.3 is 10.5 Å². The molecule has 1 aliphatic rings. The van der Waals surface area contributed by atoms with Gasteiger partial charge in [-0.15, -0.1) is 0 Å². The lowest BCUT2D eigenvalue weighted by Gasteiger charge is -2.10. The zero-order valence-electron chi connectivity index (χ0n) is 11.8. The molecule has 0 aliphatic heterocycles. The lowest BCUT2D eigenvalue weighted by Crippen LogP contribution is -2.41. The fourth-order valence-corrected chi connectivity index (χ4v) is 4.45. The van der Waals surface area contributed by atoms with Crippen LogP contribution in [0.3, 0.4) is 0 Å². The first-order valence-electron chi connectivity index (χ1n) is 6.44. The molecule has 0 heterocycles. The number of esters is 1. The molecule has 1 saturated carbocycles. The molecule has 1 aromatic rings. The summed E-state index contributed by atoms with van der Waals surface area (Å²) in [6.07, 6.45) is 1.10. The van der Waals surface area contributed by atoms with Crippen molar-refractivity contribution in [3.05, 3.63) is 35.4 Å². The van der Waals surface area contributed by atoms with Gasteiger partial charge in [0.25, 0.3) is 0 Å². The molecule has 0 aromatic heterocycles. The highest BCUT2D eigenvalue weighted by Gasteiger charge is 2.73. The summed E-state index contributed by atoms with van der Waals surface area (Å²) in [5, 5.41) is -0.920. The van der Waals surface area contributed by atoms with Gasteiger partial charge in [0.1, 0.15) is 5.54 Å². The van der Waals surface area contributed by atoms with Gasteiger partial charge in [-0.3, -0.25) is 0 Å². The van der Waals surface area contributed by atoms with Crippen LogP contribution in [0.5, 0.6) is 0 Å². The van der Waals surface area contributed by atoms with Crippen molar-refractivity contribution in [3.63, 3.8) is 0 Å². The van der Waals surface area contributed by atoms with E-state index in [1.54, 1.807) is 6.92 Å². The van der Waals surface area contributed by atoms with Gasteiger partial charge in [0.05, 0.1) is 11.9 Å². The molecular formula is C14H19NO4S. The summed E-state index contributed by atoms with van der Waals surface area (Å²) in [5.41, 5.74) is 6.40. The van der Waals surface area contributed by atoms with Crippen molar-refractivity contribution in [2.45, 2.75) is 30.6 Å².